The molecule has 0 spiro atoms. The van der Waals surface area contributed by atoms with Crippen LogP contribution < -0.4 is 27.0 Å². The van der Waals surface area contributed by atoms with Crippen molar-refractivity contribution in [2.45, 2.75) is 13.3 Å². The van der Waals surface area contributed by atoms with Crippen LogP contribution in [0.15, 0.2) is 24.3 Å². The average molecular weight is 928 g/mol. The molecule has 0 radical (unpaired) electrons. The molecule has 0 saturated heterocycles. The molecular formula is C41H69N9O15. The second kappa shape index (κ2) is 41.0. The number of nitrogens with two attached hydrogens (primary N) is 1. The number of benzene rings is 1. The number of aryl methyl sites for hydroxylation is 1. The van der Waals surface area contributed by atoms with Crippen LogP contribution in [0.3, 0.4) is 0 Å². The van der Waals surface area contributed by atoms with E-state index in [0.29, 0.717) is 164 Å². The maximum absolute atomic E-state index is 12.2. The average Bonchev–Trinajstić information content (AvgIpc) is 3.31. The topological polar surface area (TPSA) is 296 Å². The molecule has 0 aliphatic rings. The first-order valence-electron chi connectivity index (χ1n) is 21.6. The van der Waals surface area contributed by atoms with E-state index in [4.69, 9.17) is 57.8 Å². The van der Waals surface area contributed by atoms with Crippen molar-refractivity contribution >= 4 is 23.6 Å². The number of nitrogens with zero attached hydrogens (tertiary/aromatic N) is 4. The molecule has 0 aliphatic carbocycles. The molecule has 0 atom stereocenters. The fourth-order valence-electron chi connectivity index (χ4n) is 4.80. The van der Waals surface area contributed by atoms with Gasteiger partial charge < -0.3 is 79.1 Å². The summed E-state index contributed by atoms with van der Waals surface area (Å²) >= 11 is 0. The van der Waals surface area contributed by atoms with Gasteiger partial charge in [-0.15, -0.1) is 20.4 Å². The molecule has 0 unspecified atom stereocenters. The smallest absolute Gasteiger partial charge is 0.239 e. The molecular weight excluding hydrogens is 858 g/mol. The summed E-state index contributed by atoms with van der Waals surface area (Å²) in [5.74, 6) is -0.470. The lowest BCUT2D eigenvalue weighted by Gasteiger charge is -2.09. The highest BCUT2D eigenvalue weighted by atomic mass is 16.6. The number of amides is 4. The number of hydrogen-bond acceptors (Lipinski definition) is 20. The Labute approximate surface area is 380 Å². The van der Waals surface area contributed by atoms with Crippen molar-refractivity contribution in [3.63, 3.8) is 0 Å². The third kappa shape index (κ3) is 34.6. The molecule has 2 aromatic rings. The van der Waals surface area contributed by atoms with Gasteiger partial charge >= 0.3 is 0 Å². The summed E-state index contributed by atoms with van der Waals surface area (Å²) in [5, 5.41) is 26.0. The Morgan fingerprint density at radius 3 is 1.08 bits per heavy atom. The van der Waals surface area contributed by atoms with Gasteiger partial charge in [-0.05, 0) is 12.5 Å². The number of nitrogens with one attached hydrogen (secondary N) is 4. The summed E-state index contributed by atoms with van der Waals surface area (Å²) in [6, 6.07) is 7.39. The van der Waals surface area contributed by atoms with Crippen LogP contribution >= 0.6 is 0 Å². The quantitative estimate of drug-likeness (QED) is 0.0426. The van der Waals surface area contributed by atoms with Crippen molar-refractivity contribution in [2.24, 2.45) is 5.73 Å². The lowest BCUT2D eigenvalue weighted by molar-refractivity contribution is -0.127. The lowest BCUT2D eigenvalue weighted by atomic mass is 10.1. The minimum atomic E-state index is -0.490. The van der Waals surface area contributed by atoms with E-state index in [9.17, 15) is 19.2 Å². The largest absolute Gasteiger partial charge is 0.377 e. The zero-order chi connectivity index (χ0) is 46.7. The zero-order valence-corrected chi connectivity index (χ0v) is 37.6. The molecule has 6 N–H and O–H groups in total. The monoisotopic (exact) mass is 927 g/mol. The van der Waals surface area contributed by atoms with Crippen LogP contribution in [-0.4, -0.2) is 222 Å². The van der Waals surface area contributed by atoms with Crippen LogP contribution in [-0.2, 0) is 77.7 Å². The van der Waals surface area contributed by atoms with Gasteiger partial charge in [-0.1, -0.05) is 24.3 Å². The van der Waals surface area contributed by atoms with Crippen LogP contribution in [0.25, 0.3) is 11.4 Å². The van der Waals surface area contributed by atoms with Gasteiger partial charge in [0.2, 0.25) is 29.5 Å². The first-order valence-corrected chi connectivity index (χ1v) is 21.6. The predicted molar refractivity (Wildman–Crippen MR) is 232 cm³/mol. The van der Waals surface area contributed by atoms with Crippen LogP contribution in [0.4, 0.5) is 0 Å². The third-order valence-electron chi connectivity index (χ3n) is 8.09. The van der Waals surface area contributed by atoms with E-state index in [1.54, 1.807) is 6.92 Å². The summed E-state index contributed by atoms with van der Waals surface area (Å²) < 4.78 is 60.2. The molecule has 24 heteroatoms. The Bertz CT molecular complexity index is 1500. The Hall–Kier alpha value is -4.44. The number of aromatic nitrogens is 4. The molecule has 1 aromatic carbocycles. The van der Waals surface area contributed by atoms with Crippen molar-refractivity contribution in [3.05, 3.63) is 35.7 Å². The lowest BCUT2D eigenvalue weighted by Crippen LogP contribution is -2.43. The van der Waals surface area contributed by atoms with E-state index >= 15 is 0 Å². The van der Waals surface area contributed by atoms with Gasteiger partial charge in [0.25, 0.3) is 0 Å². The molecule has 1 aromatic heterocycles. The van der Waals surface area contributed by atoms with Crippen molar-refractivity contribution in [2.75, 3.05) is 178 Å². The molecule has 0 fully saturated rings. The van der Waals surface area contributed by atoms with Crippen LogP contribution in [0.5, 0.6) is 0 Å². The van der Waals surface area contributed by atoms with E-state index in [1.165, 1.54) is 0 Å². The fourth-order valence-corrected chi connectivity index (χ4v) is 4.80. The zero-order valence-electron chi connectivity index (χ0n) is 37.6. The molecule has 65 heavy (non-hydrogen) atoms. The second-order valence-corrected chi connectivity index (χ2v) is 13.3. The SMILES string of the molecule is Cc1nnc(-c2ccc(CC(=O)NCCOCCOCCOCCOCCOCCOCCOCCOCCOCCOCCOCCNC(=O)CNC(=O)CNC(=O)CN)cc2)nn1. The Morgan fingerprint density at radius 1 is 0.415 bits per heavy atom. The Kier molecular flexibility index (Phi) is 35.8. The summed E-state index contributed by atoms with van der Waals surface area (Å²) in [5.41, 5.74) is 6.78. The van der Waals surface area contributed by atoms with Crippen molar-refractivity contribution < 1.29 is 71.3 Å². The highest BCUT2D eigenvalue weighted by molar-refractivity contribution is 5.88. The first-order chi connectivity index (χ1) is 31.9. The predicted octanol–water partition coefficient (Wildman–Crippen LogP) is -2.61. The number of carbonyl (C=O) groups is 4. The normalized spacial score (nSPS) is 11.1. The first kappa shape index (κ1) is 56.7. The van der Waals surface area contributed by atoms with Gasteiger partial charge in [0.15, 0.2) is 5.82 Å². The number of carbonyl (C=O) groups excluding carboxylic acids is 4. The van der Waals surface area contributed by atoms with Crippen molar-refractivity contribution in [1.82, 2.24) is 41.7 Å². The van der Waals surface area contributed by atoms with Gasteiger partial charge in [-0.25, -0.2) is 0 Å². The van der Waals surface area contributed by atoms with Gasteiger partial charge in [-0.2, -0.15) is 0 Å². The number of rotatable bonds is 44. The van der Waals surface area contributed by atoms with Gasteiger partial charge in [0.05, 0.1) is 171 Å². The molecule has 2 rings (SSSR count). The van der Waals surface area contributed by atoms with E-state index in [0.717, 1.165) is 11.1 Å². The minimum absolute atomic E-state index is 0.0913. The third-order valence-corrected chi connectivity index (χ3v) is 8.09. The van der Waals surface area contributed by atoms with Crippen molar-refractivity contribution in [3.8, 4) is 11.4 Å². The molecule has 0 aliphatic heterocycles. The molecule has 4 amide bonds. The summed E-state index contributed by atoms with van der Waals surface area (Å²) in [6.45, 7) is 11.2. The number of ether oxygens (including phenoxy) is 11. The standard InChI is InChI=1S/C41H69N9O15/c1-34-47-49-41(50-48-34)36-4-2-35(3-5-36)30-37(51)43-6-8-55-10-12-57-14-16-59-18-20-61-22-24-63-26-28-65-29-27-64-25-23-62-21-19-60-17-15-58-13-11-56-9-7-44-39(53)32-46-40(54)33-45-38(52)31-42/h2-5H,6-33,42H2,1H3,(H,43,51)(H,44,53)(H,45,52)(H,46,54). The highest BCUT2D eigenvalue weighted by Crippen LogP contribution is 2.14. The summed E-state index contributed by atoms with van der Waals surface area (Å²) in [4.78, 5) is 46.4. The molecule has 0 bridgehead atoms. The molecule has 24 nitrogen and oxygen atoms in total. The van der Waals surface area contributed by atoms with E-state index in [2.05, 4.69) is 41.7 Å². The fraction of sp³-hybridized carbons (Fsp3) is 0.707. The van der Waals surface area contributed by atoms with E-state index in [-0.39, 0.29) is 44.4 Å². The van der Waals surface area contributed by atoms with Crippen LogP contribution in [0, 0.1) is 6.92 Å². The van der Waals surface area contributed by atoms with Crippen molar-refractivity contribution in [1.29, 1.82) is 0 Å². The molecule has 368 valence electrons. The molecule has 1 heterocycles. The molecule has 0 saturated carbocycles. The van der Waals surface area contributed by atoms with E-state index < -0.39 is 11.8 Å². The highest BCUT2D eigenvalue weighted by Gasteiger charge is 2.08. The Morgan fingerprint density at radius 2 is 0.723 bits per heavy atom. The van der Waals surface area contributed by atoms with Gasteiger partial charge in [0.1, 0.15) is 0 Å². The minimum Gasteiger partial charge on any atom is -0.377 e. The van der Waals surface area contributed by atoms with E-state index in [1.807, 2.05) is 24.3 Å². The maximum atomic E-state index is 12.2. The van der Waals surface area contributed by atoms with Crippen LogP contribution in [0.2, 0.25) is 0 Å². The maximum Gasteiger partial charge on any atom is 0.239 e. The number of hydrogen-bond donors (Lipinski definition) is 5. The summed E-state index contributed by atoms with van der Waals surface area (Å²) in [7, 11) is 0. The Balaban J connectivity index is 1.18. The van der Waals surface area contributed by atoms with Crippen LogP contribution in [0.1, 0.15) is 11.4 Å². The summed E-state index contributed by atoms with van der Waals surface area (Å²) in [6.07, 6.45) is 0.257. The second-order valence-electron chi connectivity index (χ2n) is 13.3. The van der Waals surface area contributed by atoms with Gasteiger partial charge in [0, 0.05) is 18.7 Å². The van der Waals surface area contributed by atoms with Gasteiger partial charge in [-0.3, -0.25) is 19.2 Å².